The number of esters is 1. The van der Waals surface area contributed by atoms with Crippen molar-refractivity contribution in [1.29, 1.82) is 0 Å². The second kappa shape index (κ2) is 9.47. The van der Waals surface area contributed by atoms with Crippen molar-refractivity contribution in [2.24, 2.45) is 5.10 Å². The van der Waals surface area contributed by atoms with Crippen molar-refractivity contribution in [1.82, 2.24) is 14.7 Å². The van der Waals surface area contributed by atoms with Crippen molar-refractivity contribution in [3.05, 3.63) is 78.6 Å². The average molecular weight is 431 g/mol. The standard InChI is InChI=1S/C24H25N5O3/c1-3-32-24(31)21-14-22(29(26-21)20-12-8-5-9-13-20)23(30)27(2)16-18-15-25-28(17-18)19-10-6-4-7-11-19/h4-13,15,17,22H,3,14,16H2,1-2H3. The van der Waals surface area contributed by atoms with Gasteiger partial charge in [-0.25, -0.2) is 9.48 Å². The molecule has 0 radical (unpaired) electrons. The van der Waals surface area contributed by atoms with Gasteiger partial charge in [-0.1, -0.05) is 36.4 Å². The molecule has 0 spiro atoms. The molecule has 0 fully saturated rings. The Morgan fingerprint density at radius 2 is 1.72 bits per heavy atom. The second-order valence-corrected chi connectivity index (χ2v) is 7.49. The molecule has 1 aliphatic heterocycles. The highest BCUT2D eigenvalue weighted by Crippen LogP contribution is 2.26. The van der Waals surface area contributed by atoms with Gasteiger partial charge in [-0.05, 0) is 31.2 Å². The first-order chi connectivity index (χ1) is 15.6. The van der Waals surface area contributed by atoms with E-state index in [2.05, 4.69) is 10.2 Å². The van der Waals surface area contributed by atoms with Crippen molar-refractivity contribution in [2.45, 2.75) is 25.9 Å². The Labute approximate surface area is 186 Å². The number of carbonyl (C=O) groups is 2. The maximum atomic E-state index is 13.4. The Balaban J connectivity index is 1.50. The SMILES string of the molecule is CCOC(=O)C1=NN(c2ccccc2)C(C(=O)N(C)Cc2cnn(-c3ccccc3)c2)C1. The summed E-state index contributed by atoms with van der Waals surface area (Å²) in [4.78, 5) is 27.3. The fraction of sp³-hybridized carbons (Fsp3) is 0.250. The number of rotatable bonds is 7. The predicted octanol–water partition coefficient (Wildman–Crippen LogP) is 3.03. The number of hydrogen-bond acceptors (Lipinski definition) is 6. The van der Waals surface area contributed by atoms with Gasteiger partial charge in [0.05, 0.1) is 24.2 Å². The van der Waals surface area contributed by atoms with Crippen LogP contribution in [0.3, 0.4) is 0 Å². The number of aromatic nitrogens is 2. The zero-order valence-corrected chi connectivity index (χ0v) is 18.1. The third-order valence-corrected chi connectivity index (χ3v) is 5.18. The predicted molar refractivity (Wildman–Crippen MR) is 121 cm³/mol. The number of hydrogen-bond donors (Lipinski definition) is 0. The van der Waals surface area contributed by atoms with Gasteiger partial charge < -0.3 is 9.64 Å². The zero-order chi connectivity index (χ0) is 22.5. The highest BCUT2D eigenvalue weighted by Gasteiger charge is 2.38. The minimum absolute atomic E-state index is 0.135. The van der Waals surface area contributed by atoms with E-state index in [9.17, 15) is 9.59 Å². The molecule has 1 unspecified atom stereocenters. The number of ether oxygens (including phenoxy) is 1. The normalized spacial score (nSPS) is 15.4. The third-order valence-electron chi connectivity index (χ3n) is 5.18. The van der Waals surface area contributed by atoms with Crippen molar-refractivity contribution >= 4 is 23.3 Å². The Morgan fingerprint density at radius 1 is 1.06 bits per heavy atom. The van der Waals surface area contributed by atoms with Crippen molar-refractivity contribution in [3.8, 4) is 5.69 Å². The summed E-state index contributed by atoms with van der Waals surface area (Å²) in [6, 6.07) is 18.5. The number of anilines is 1. The number of carbonyl (C=O) groups excluding carboxylic acids is 2. The Morgan fingerprint density at radius 3 is 2.38 bits per heavy atom. The molecule has 1 aliphatic rings. The monoisotopic (exact) mass is 431 g/mol. The molecule has 4 rings (SSSR count). The first kappa shape index (κ1) is 21.3. The number of nitrogens with zero attached hydrogens (tertiary/aromatic N) is 5. The van der Waals surface area contributed by atoms with Gasteiger partial charge in [0.1, 0.15) is 11.8 Å². The molecule has 2 aromatic carbocycles. The number of hydrazone groups is 1. The van der Waals surface area contributed by atoms with Gasteiger partial charge in [0.2, 0.25) is 5.91 Å². The number of amides is 1. The first-order valence-electron chi connectivity index (χ1n) is 10.5. The van der Waals surface area contributed by atoms with Crippen molar-refractivity contribution in [2.75, 3.05) is 18.7 Å². The fourth-order valence-corrected chi connectivity index (χ4v) is 3.63. The van der Waals surface area contributed by atoms with Crippen LogP contribution in [0.1, 0.15) is 18.9 Å². The smallest absolute Gasteiger partial charge is 0.354 e. The Kier molecular flexibility index (Phi) is 6.30. The molecule has 164 valence electrons. The van der Waals surface area contributed by atoms with Crippen LogP contribution < -0.4 is 5.01 Å². The van der Waals surface area contributed by atoms with E-state index in [1.54, 1.807) is 34.8 Å². The zero-order valence-electron chi connectivity index (χ0n) is 18.1. The van der Waals surface area contributed by atoms with E-state index in [-0.39, 0.29) is 24.6 Å². The molecular weight excluding hydrogens is 406 g/mol. The van der Waals surface area contributed by atoms with Gasteiger partial charge in [-0.15, -0.1) is 0 Å². The van der Waals surface area contributed by atoms with Gasteiger partial charge in [0.25, 0.3) is 0 Å². The second-order valence-electron chi connectivity index (χ2n) is 7.49. The van der Waals surface area contributed by atoms with Gasteiger partial charge in [-0.3, -0.25) is 9.80 Å². The van der Waals surface area contributed by atoms with Crippen LogP contribution in [0.5, 0.6) is 0 Å². The first-order valence-corrected chi connectivity index (χ1v) is 10.5. The summed E-state index contributed by atoms with van der Waals surface area (Å²) in [5, 5.41) is 10.4. The van der Waals surface area contributed by atoms with E-state index >= 15 is 0 Å². The average Bonchev–Trinajstić information content (AvgIpc) is 3.48. The number of para-hydroxylation sites is 2. The molecule has 0 bridgehead atoms. The largest absolute Gasteiger partial charge is 0.461 e. The van der Waals surface area contributed by atoms with E-state index in [1.807, 2.05) is 66.9 Å². The molecule has 0 saturated heterocycles. The Bertz CT molecular complexity index is 1110. The van der Waals surface area contributed by atoms with Gasteiger partial charge in [-0.2, -0.15) is 10.2 Å². The highest BCUT2D eigenvalue weighted by atomic mass is 16.5. The molecular formula is C24H25N5O3. The van der Waals surface area contributed by atoms with Crippen molar-refractivity contribution < 1.29 is 14.3 Å². The molecule has 32 heavy (non-hydrogen) atoms. The van der Waals surface area contributed by atoms with Crippen molar-refractivity contribution in [3.63, 3.8) is 0 Å². The van der Waals surface area contributed by atoms with Crippen LogP contribution in [0.2, 0.25) is 0 Å². The molecule has 2 heterocycles. The Hall–Kier alpha value is -3.94. The molecule has 0 aliphatic carbocycles. The lowest BCUT2D eigenvalue weighted by molar-refractivity contribution is -0.135. The molecule has 0 saturated carbocycles. The quantitative estimate of drug-likeness (QED) is 0.537. The summed E-state index contributed by atoms with van der Waals surface area (Å²) in [6.45, 7) is 2.39. The van der Waals surface area contributed by atoms with Crippen LogP contribution in [0.15, 0.2) is 78.2 Å². The van der Waals surface area contributed by atoms with E-state index in [4.69, 9.17) is 4.74 Å². The molecule has 1 aromatic heterocycles. The molecule has 1 atom stereocenters. The van der Waals surface area contributed by atoms with Crippen LogP contribution in [0.25, 0.3) is 5.69 Å². The summed E-state index contributed by atoms with van der Waals surface area (Å²) in [5.41, 5.74) is 2.85. The number of benzene rings is 2. The molecule has 8 nitrogen and oxygen atoms in total. The summed E-state index contributed by atoms with van der Waals surface area (Å²) < 4.78 is 6.89. The van der Waals surface area contributed by atoms with Gasteiger partial charge >= 0.3 is 5.97 Å². The maximum Gasteiger partial charge on any atom is 0.354 e. The van der Waals surface area contributed by atoms with Crippen LogP contribution in [0, 0.1) is 0 Å². The van der Waals surface area contributed by atoms with E-state index in [0.29, 0.717) is 6.54 Å². The summed E-state index contributed by atoms with van der Waals surface area (Å²) in [5.74, 6) is -0.625. The van der Waals surface area contributed by atoms with E-state index < -0.39 is 12.0 Å². The summed E-state index contributed by atoms with van der Waals surface area (Å²) >= 11 is 0. The highest BCUT2D eigenvalue weighted by molar-refractivity contribution is 6.38. The van der Waals surface area contributed by atoms with Crippen LogP contribution in [-0.2, 0) is 20.9 Å². The third kappa shape index (κ3) is 4.54. The van der Waals surface area contributed by atoms with Crippen LogP contribution in [-0.4, -0.2) is 52.0 Å². The van der Waals surface area contributed by atoms with E-state index in [0.717, 1.165) is 16.9 Å². The van der Waals surface area contributed by atoms with Gasteiger partial charge in [0, 0.05) is 31.8 Å². The lowest BCUT2D eigenvalue weighted by Crippen LogP contribution is -2.43. The molecule has 0 N–H and O–H groups in total. The summed E-state index contributed by atoms with van der Waals surface area (Å²) in [7, 11) is 1.74. The maximum absolute atomic E-state index is 13.4. The van der Waals surface area contributed by atoms with Gasteiger partial charge in [0.15, 0.2) is 0 Å². The van der Waals surface area contributed by atoms with E-state index in [1.165, 1.54) is 0 Å². The molecule has 1 amide bonds. The molecule has 8 heteroatoms. The van der Waals surface area contributed by atoms with Crippen LogP contribution in [0.4, 0.5) is 5.69 Å². The lowest BCUT2D eigenvalue weighted by atomic mass is 10.1. The van der Waals surface area contributed by atoms with Crippen LogP contribution >= 0.6 is 0 Å². The number of likely N-dealkylation sites (N-methyl/N-ethyl adjacent to an activating group) is 1. The minimum atomic E-state index is -0.619. The molecule has 3 aromatic rings. The lowest BCUT2D eigenvalue weighted by Gasteiger charge is -2.27. The topological polar surface area (TPSA) is 80.0 Å². The summed E-state index contributed by atoms with van der Waals surface area (Å²) in [6.07, 6.45) is 3.85. The fourth-order valence-electron chi connectivity index (χ4n) is 3.63. The minimum Gasteiger partial charge on any atom is -0.461 e.